The van der Waals surface area contributed by atoms with E-state index < -0.39 is 52.1 Å². The summed E-state index contributed by atoms with van der Waals surface area (Å²) in [5.41, 5.74) is -3.36. The van der Waals surface area contributed by atoms with E-state index in [2.05, 4.69) is 0 Å². The largest absolute Gasteiger partial charge is 0.462 e. The molecule has 1 unspecified atom stereocenters. The van der Waals surface area contributed by atoms with E-state index in [1.54, 1.807) is 13.8 Å². The summed E-state index contributed by atoms with van der Waals surface area (Å²) in [7, 11) is 0. The van der Waals surface area contributed by atoms with Gasteiger partial charge in [0.05, 0.1) is 12.2 Å². The molecule has 24 heavy (non-hydrogen) atoms. The van der Waals surface area contributed by atoms with Crippen LogP contribution >= 0.6 is 0 Å². The first-order valence-electron chi connectivity index (χ1n) is 8.50. The van der Waals surface area contributed by atoms with E-state index in [1.807, 2.05) is 6.92 Å². The maximum Gasteiger partial charge on any atom is 0.313 e. The zero-order valence-electron chi connectivity index (χ0n) is 14.2. The van der Waals surface area contributed by atoms with Gasteiger partial charge < -0.3 is 24.1 Å². The van der Waals surface area contributed by atoms with Gasteiger partial charge in [-0.15, -0.1) is 0 Å². The summed E-state index contributed by atoms with van der Waals surface area (Å²) in [4.78, 5) is 24.8. The number of esters is 2. The van der Waals surface area contributed by atoms with E-state index >= 15 is 0 Å². The summed E-state index contributed by atoms with van der Waals surface area (Å²) in [6.07, 6.45) is -0.449. The molecule has 2 aliphatic carbocycles. The third-order valence-corrected chi connectivity index (χ3v) is 7.11. The lowest BCUT2D eigenvalue weighted by Gasteiger charge is -2.54. The van der Waals surface area contributed by atoms with Crippen LogP contribution < -0.4 is 0 Å². The Morgan fingerprint density at radius 3 is 2.58 bits per heavy atom. The van der Waals surface area contributed by atoms with Crippen LogP contribution in [0, 0.1) is 17.3 Å². The summed E-state index contributed by atoms with van der Waals surface area (Å²) in [6, 6.07) is 0. The van der Waals surface area contributed by atoms with Crippen molar-refractivity contribution in [3.8, 4) is 0 Å². The first-order valence-corrected chi connectivity index (χ1v) is 8.50. The SMILES string of the molecule is CC(=O)O[C@]12[C@H]3C(=O)O[C@H](C[C@@]1(C)[C@@]1(CO1)[C@@H]1O[C@@H]12)C3C(C)(C)O. The second kappa shape index (κ2) is 3.81. The predicted octanol–water partition coefficient (Wildman–Crippen LogP) is 0.177. The van der Waals surface area contributed by atoms with Crippen LogP contribution in [0.25, 0.3) is 0 Å². The minimum Gasteiger partial charge on any atom is -0.462 e. The highest BCUT2D eigenvalue weighted by molar-refractivity contribution is 5.80. The van der Waals surface area contributed by atoms with Crippen LogP contribution in [-0.2, 0) is 28.5 Å². The van der Waals surface area contributed by atoms with Crippen LogP contribution in [-0.4, -0.2) is 58.8 Å². The van der Waals surface area contributed by atoms with Crippen LogP contribution in [0.1, 0.15) is 34.1 Å². The third-order valence-electron chi connectivity index (χ3n) is 7.11. The first-order chi connectivity index (χ1) is 11.1. The highest BCUT2D eigenvalue weighted by Gasteiger charge is 2.94. The number of aliphatic hydroxyl groups is 1. The van der Waals surface area contributed by atoms with Gasteiger partial charge >= 0.3 is 11.9 Å². The molecular formula is C17H22O7. The summed E-state index contributed by atoms with van der Waals surface area (Å²) in [6.45, 7) is 7.24. The number of hydrogen-bond acceptors (Lipinski definition) is 7. The van der Waals surface area contributed by atoms with Gasteiger partial charge in [-0.3, -0.25) is 9.59 Å². The molecule has 3 heterocycles. The van der Waals surface area contributed by atoms with Crippen LogP contribution in [0.5, 0.6) is 0 Å². The van der Waals surface area contributed by atoms with Crippen molar-refractivity contribution in [1.82, 2.24) is 0 Å². The van der Waals surface area contributed by atoms with E-state index in [0.717, 1.165) is 0 Å². The van der Waals surface area contributed by atoms with Gasteiger partial charge in [0.2, 0.25) is 0 Å². The van der Waals surface area contributed by atoms with Crippen molar-refractivity contribution in [2.75, 3.05) is 6.61 Å². The number of ether oxygens (including phenoxy) is 4. The van der Waals surface area contributed by atoms with E-state index in [9.17, 15) is 14.7 Å². The minimum atomic E-state index is -1.14. The lowest BCUT2D eigenvalue weighted by atomic mass is 9.52. The van der Waals surface area contributed by atoms with Gasteiger partial charge in [0.25, 0.3) is 0 Å². The van der Waals surface area contributed by atoms with Crippen molar-refractivity contribution < 1.29 is 33.6 Å². The molecule has 0 aromatic rings. The molecule has 2 saturated carbocycles. The maximum absolute atomic E-state index is 12.8. The molecule has 3 aliphatic heterocycles. The predicted molar refractivity (Wildman–Crippen MR) is 77.7 cm³/mol. The molecule has 3 saturated heterocycles. The van der Waals surface area contributed by atoms with E-state index in [-0.39, 0.29) is 12.2 Å². The molecule has 2 bridgehead atoms. The second-order valence-corrected chi connectivity index (χ2v) is 8.71. The molecule has 5 aliphatic rings. The Morgan fingerprint density at radius 1 is 1.38 bits per heavy atom. The lowest BCUT2D eigenvalue weighted by Crippen LogP contribution is -2.68. The van der Waals surface area contributed by atoms with Gasteiger partial charge in [-0.1, -0.05) is 6.92 Å². The Kier molecular flexibility index (Phi) is 2.40. The Morgan fingerprint density at radius 2 is 2.04 bits per heavy atom. The molecule has 5 rings (SSSR count). The van der Waals surface area contributed by atoms with E-state index in [4.69, 9.17) is 18.9 Å². The third kappa shape index (κ3) is 1.35. The molecule has 1 spiro atoms. The summed E-state index contributed by atoms with van der Waals surface area (Å²) in [5.74, 6) is -2.07. The van der Waals surface area contributed by atoms with Crippen LogP contribution in [0.3, 0.4) is 0 Å². The summed E-state index contributed by atoms with van der Waals surface area (Å²) in [5, 5.41) is 10.7. The average molecular weight is 338 g/mol. The molecule has 7 heteroatoms. The molecular weight excluding hydrogens is 316 g/mol. The van der Waals surface area contributed by atoms with Crippen LogP contribution in [0.15, 0.2) is 0 Å². The average Bonchev–Trinajstić information content (AvgIpc) is 3.28. The van der Waals surface area contributed by atoms with E-state index in [0.29, 0.717) is 13.0 Å². The number of fused-ring (bicyclic) bond motifs is 8. The number of hydrogen-bond donors (Lipinski definition) is 1. The van der Waals surface area contributed by atoms with Crippen LogP contribution in [0.2, 0.25) is 0 Å². The molecule has 8 atom stereocenters. The molecule has 7 nitrogen and oxygen atoms in total. The van der Waals surface area contributed by atoms with Gasteiger partial charge in [-0.05, 0) is 20.3 Å². The van der Waals surface area contributed by atoms with E-state index in [1.165, 1.54) is 6.92 Å². The minimum absolute atomic E-state index is 0.156. The number of carbonyl (C=O) groups is 2. The summed E-state index contributed by atoms with van der Waals surface area (Å²) < 4.78 is 23.2. The summed E-state index contributed by atoms with van der Waals surface area (Å²) >= 11 is 0. The van der Waals surface area contributed by atoms with Crippen molar-refractivity contribution in [1.29, 1.82) is 0 Å². The van der Waals surface area contributed by atoms with Gasteiger partial charge in [-0.25, -0.2) is 0 Å². The normalized spacial score (nSPS) is 56.5. The Balaban J connectivity index is 1.72. The highest BCUT2D eigenvalue weighted by atomic mass is 16.7. The molecule has 0 aromatic heterocycles. The van der Waals surface area contributed by atoms with Crippen molar-refractivity contribution in [3.63, 3.8) is 0 Å². The Hall–Kier alpha value is -1.18. The molecule has 5 fully saturated rings. The highest BCUT2D eigenvalue weighted by Crippen LogP contribution is 2.77. The Bertz CT molecular complexity index is 662. The van der Waals surface area contributed by atoms with Crippen molar-refractivity contribution in [2.24, 2.45) is 17.3 Å². The number of epoxide rings is 2. The van der Waals surface area contributed by atoms with Gasteiger partial charge in [0.15, 0.2) is 5.60 Å². The Labute approximate surface area is 139 Å². The quantitative estimate of drug-likeness (QED) is 0.566. The number of rotatable bonds is 2. The monoisotopic (exact) mass is 338 g/mol. The standard InChI is InChI=1S/C17H22O7/c1-7(18)24-17-10-9(14(2,3)20)8(22-13(10)19)5-15(17,4)16(6-21-16)11-12(17)23-11/h8-12,20H,5-6H2,1-4H3/t8-,9?,10-,11-,12+,15+,16-,17+/m1/s1. The zero-order chi connectivity index (χ0) is 17.3. The first kappa shape index (κ1) is 15.1. The molecule has 0 aromatic carbocycles. The maximum atomic E-state index is 12.8. The molecule has 1 N–H and O–H groups in total. The van der Waals surface area contributed by atoms with Crippen molar-refractivity contribution in [2.45, 2.75) is 69.2 Å². The second-order valence-electron chi connectivity index (χ2n) is 8.71. The van der Waals surface area contributed by atoms with Crippen molar-refractivity contribution in [3.05, 3.63) is 0 Å². The van der Waals surface area contributed by atoms with Gasteiger partial charge in [0.1, 0.15) is 29.8 Å². The van der Waals surface area contributed by atoms with Crippen molar-refractivity contribution >= 4 is 11.9 Å². The topological polar surface area (TPSA) is 97.9 Å². The molecule has 0 amide bonds. The number of carbonyl (C=O) groups excluding carboxylic acids is 2. The lowest BCUT2D eigenvalue weighted by molar-refractivity contribution is -0.229. The zero-order valence-corrected chi connectivity index (χ0v) is 14.2. The van der Waals surface area contributed by atoms with Gasteiger partial charge in [0, 0.05) is 18.3 Å². The fourth-order valence-electron chi connectivity index (χ4n) is 6.17. The fourth-order valence-corrected chi connectivity index (χ4v) is 6.17. The van der Waals surface area contributed by atoms with Gasteiger partial charge in [-0.2, -0.15) is 0 Å². The smallest absolute Gasteiger partial charge is 0.313 e. The molecule has 0 radical (unpaired) electrons. The molecule has 132 valence electrons. The van der Waals surface area contributed by atoms with Crippen LogP contribution in [0.4, 0.5) is 0 Å². The fraction of sp³-hybridized carbons (Fsp3) is 0.882.